The number of carbonyl (C=O) groups is 1. The molecule has 0 amide bonds. The quantitative estimate of drug-likeness (QED) is 0.747. The number of nitrogens with one attached hydrogen (secondary N) is 1. The number of hydrogen-bond donors (Lipinski definition) is 2. The van der Waals surface area contributed by atoms with Crippen LogP contribution in [0.3, 0.4) is 0 Å². The molecule has 1 aromatic rings. The summed E-state index contributed by atoms with van der Waals surface area (Å²) in [5.74, 6) is -0.125. The van der Waals surface area contributed by atoms with Crippen LogP contribution >= 0.6 is 0 Å². The molecule has 0 saturated carbocycles. The van der Waals surface area contributed by atoms with E-state index in [2.05, 4.69) is 5.32 Å². The van der Waals surface area contributed by atoms with E-state index in [-0.39, 0.29) is 11.7 Å². The fourth-order valence-electron chi connectivity index (χ4n) is 2.11. The largest absolute Gasteiger partial charge is 0.508 e. The molecule has 0 fully saturated rings. The summed E-state index contributed by atoms with van der Waals surface area (Å²) < 4.78 is 5.39. The summed E-state index contributed by atoms with van der Waals surface area (Å²) in [7, 11) is 0. The number of aromatic hydroxyl groups is 1. The molecule has 98 valence electrons. The van der Waals surface area contributed by atoms with Crippen molar-refractivity contribution in [2.75, 3.05) is 6.54 Å². The normalized spacial score (nSPS) is 19.2. The van der Waals surface area contributed by atoms with Gasteiger partial charge in [0.15, 0.2) is 0 Å². The van der Waals surface area contributed by atoms with Crippen molar-refractivity contribution in [1.29, 1.82) is 0 Å². The third-order valence-electron chi connectivity index (χ3n) is 2.83. The van der Waals surface area contributed by atoms with Gasteiger partial charge >= 0.3 is 5.97 Å². The summed E-state index contributed by atoms with van der Waals surface area (Å²) in [4.78, 5) is 12.1. The Morgan fingerprint density at radius 3 is 2.83 bits per heavy atom. The fraction of sp³-hybridized carbons (Fsp3) is 0.500. The average Bonchev–Trinajstić information content (AvgIpc) is 2.25. The summed E-state index contributed by atoms with van der Waals surface area (Å²) in [6, 6.07) is 4.66. The Labute approximate surface area is 107 Å². The lowest BCUT2D eigenvalue weighted by molar-refractivity contribution is -0.157. The minimum Gasteiger partial charge on any atom is -0.508 e. The summed E-state index contributed by atoms with van der Waals surface area (Å²) in [6.07, 6.45) is 0.856. The zero-order valence-electron chi connectivity index (χ0n) is 11.0. The molecular weight excluding hydrogens is 230 g/mol. The van der Waals surface area contributed by atoms with E-state index in [9.17, 15) is 9.90 Å². The van der Waals surface area contributed by atoms with Gasteiger partial charge in [0.05, 0.1) is 0 Å². The van der Waals surface area contributed by atoms with Gasteiger partial charge in [0.25, 0.3) is 0 Å². The van der Waals surface area contributed by atoms with Crippen LogP contribution in [-0.4, -0.2) is 23.2 Å². The van der Waals surface area contributed by atoms with Crippen LogP contribution in [0.4, 0.5) is 0 Å². The second-order valence-corrected chi connectivity index (χ2v) is 5.55. The Hall–Kier alpha value is -1.55. The second kappa shape index (κ2) is 4.61. The first-order valence-electron chi connectivity index (χ1n) is 6.15. The first-order chi connectivity index (χ1) is 8.37. The monoisotopic (exact) mass is 249 g/mol. The lowest BCUT2D eigenvalue weighted by Gasteiger charge is -2.29. The van der Waals surface area contributed by atoms with Crippen molar-refractivity contribution in [3.63, 3.8) is 0 Å². The molecule has 1 atom stereocenters. The molecule has 4 nitrogen and oxygen atoms in total. The molecule has 0 unspecified atom stereocenters. The minimum absolute atomic E-state index is 0.172. The number of hydrogen-bond acceptors (Lipinski definition) is 4. The summed E-state index contributed by atoms with van der Waals surface area (Å²) in [5.41, 5.74) is 1.39. The topological polar surface area (TPSA) is 58.6 Å². The van der Waals surface area contributed by atoms with E-state index in [1.54, 1.807) is 12.1 Å². The van der Waals surface area contributed by atoms with Crippen LogP contribution in [0.5, 0.6) is 5.75 Å². The summed E-state index contributed by atoms with van der Waals surface area (Å²) in [6.45, 7) is 6.27. The zero-order valence-corrected chi connectivity index (χ0v) is 11.0. The van der Waals surface area contributed by atoms with E-state index in [4.69, 9.17) is 4.74 Å². The van der Waals surface area contributed by atoms with Crippen LogP contribution in [0, 0.1) is 0 Å². The van der Waals surface area contributed by atoms with Gasteiger partial charge in [-0.3, -0.25) is 0 Å². The average molecular weight is 249 g/mol. The van der Waals surface area contributed by atoms with Gasteiger partial charge < -0.3 is 15.2 Å². The molecule has 2 rings (SSSR count). The van der Waals surface area contributed by atoms with Crippen LogP contribution in [0.1, 0.15) is 37.9 Å². The van der Waals surface area contributed by atoms with Crippen molar-refractivity contribution in [1.82, 2.24) is 5.32 Å². The molecular formula is C14H19NO3. The Balaban J connectivity index is 2.27. The number of ether oxygens (including phenoxy) is 1. The van der Waals surface area contributed by atoms with Crippen molar-refractivity contribution in [3.05, 3.63) is 29.3 Å². The summed E-state index contributed by atoms with van der Waals surface area (Å²) in [5, 5.41) is 12.7. The highest BCUT2D eigenvalue weighted by atomic mass is 16.6. The van der Waals surface area contributed by atoms with Gasteiger partial charge in [0.1, 0.15) is 17.4 Å². The molecule has 1 aliphatic heterocycles. The van der Waals surface area contributed by atoms with Crippen molar-refractivity contribution in [2.45, 2.75) is 38.8 Å². The molecule has 0 radical (unpaired) electrons. The van der Waals surface area contributed by atoms with Crippen LogP contribution in [0.2, 0.25) is 0 Å². The predicted molar refractivity (Wildman–Crippen MR) is 68.4 cm³/mol. The number of rotatable bonds is 1. The van der Waals surface area contributed by atoms with E-state index in [0.29, 0.717) is 0 Å². The van der Waals surface area contributed by atoms with Crippen molar-refractivity contribution >= 4 is 5.97 Å². The molecule has 0 aliphatic carbocycles. The van der Waals surface area contributed by atoms with Crippen LogP contribution in [0.25, 0.3) is 0 Å². The minimum atomic E-state index is -0.507. The third-order valence-corrected chi connectivity index (χ3v) is 2.83. The van der Waals surface area contributed by atoms with Crippen LogP contribution in [0.15, 0.2) is 18.2 Å². The predicted octanol–water partition coefficient (Wildman–Crippen LogP) is 1.92. The van der Waals surface area contributed by atoms with Gasteiger partial charge in [-0.05, 0) is 50.5 Å². The van der Waals surface area contributed by atoms with E-state index in [0.717, 1.165) is 24.1 Å². The second-order valence-electron chi connectivity index (χ2n) is 5.55. The first-order valence-corrected chi connectivity index (χ1v) is 6.15. The molecule has 1 aliphatic rings. The first kappa shape index (κ1) is 12.9. The number of benzene rings is 1. The molecule has 1 aromatic carbocycles. The van der Waals surface area contributed by atoms with Gasteiger partial charge in [0, 0.05) is 6.54 Å². The maximum Gasteiger partial charge on any atom is 0.328 e. The maximum absolute atomic E-state index is 12.1. The van der Waals surface area contributed by atoms with Gasteiger partial charge in [0.2, 0.25) is 0 Å². The Kier molecular flexibility index (Phi) is 3.30. The van der Waals surface area contributed by atoms with E-state index in [1.165, 1.54) is 0 Å². The van der Waals surface area contributed by atoms with Gasteiger partial charge in [-0.25, -0.2) is 4.79 Å². The van der Waals surface area contributed by atoms with E-state index in [1.807, 2.05) is 26.8 Å². The van der Waals surface area contributed by atoms with Crippen LogP contribution in [-0.2, 0) is 16.0 Å². The van der Waals surface area contributed by atoms with Gasteiger partial charge in [-0.15, -0.1) is 0 Å². The van der Waals surface area contributed by atoms with E-state index >= 15 is 0 Å². The molecule has 1 heterocycles. The van der Waals surface area contributed by atoms with Crippen molar-refractivity contribution < 1.29 is 14.6 Å². The number of esters is 1. The molecule has 0 bridgehead atoms. The Morgan fingerprint density at radius 1 is 1.44 bits per heavy atom. The van der Waals surface area contributed by atoms with Gasteiger partial charge in [-0.2, -0.15) is 0 Å². The number of carbonyl (C=O) groups excluding carboxylic acids is 1. The molecule has 0 saturated heterocycles. The number of phenolic OH excluding ortho intramolecular Hbond substituents is 1. The highest BCUT2D eigenvalue weighted by molar-refractivity contribution is 5.79. The van der Waals surface area contributed by atoms with Crippen molar-refractivity contribution in [2.24, 2.45) is 0 Å². The molecule has 18 heavy (non-hydrogen) atoms. The lowest BCUT2D eigenvalue weighted by atomic mass is 9.94. The van der Waals surface area contributed by atoms with Crippen LogP contribution < -0.4 is 5.32 Å². The zero-order chi connectivity index (χ0) is 13.3. The maximum atomic E-state index is 12.1. The lowest BCUT2D eigenvalue weighted by Crippen LogP contribution is -2.39. The standard InChI is InChI=1S/C14H19NO3/c1-14(2,3)18-13(17)12-11-8-10(16)5-4-9(11)6-7-15-12/h4-5,8,12,15-16H,6-7H2,1-3H3/t12-/m1/s1. The highest BCUT2D eigenvalue weighted by Crippen LogP contribution is 2.28. The molecule has 2 N–H and O–H groups in total. The molecule has 4 heteroatoms. The van der Waals surface area contributed by atoms with Crippen molar-refractivity contribution in [3.8, 4) is 5.75 Å². The highest BCUT2D eigenvalue weighted by Gasteiger charge is 2.30. The third kappa shape index (κ3) is 2.82. The van der Waals surface area contributed by atoms with E-state index < -0.39 is 11.6 Å². The SMILES string of the molecule is CC(C)(C)OC(=O)[C@@H]1NCCc2ccc(O)cc21. The molecule has 0 spiro atoms. The van der Waals surface area contributed by atoms with Gasteiger partial charge in [-0.1, -0.05) is 6.07 Å². The fourth-order valence-corrected chi connectivity index (χ4v) is 2.11. The smallest absolute Gasteiger partial charge is 0.328 e. The molecule has 0 aromatic heterocycles. The number of fused-ring (bicyclic) bond motifs is 1. The Morgan fingerprint density at radius 2 is 2.17 bits per heavy atom. The number of phenols is 1. The Bertz CT molecular complexity index is 463. The summed E-state index contributed by atoms with van der Waals surface area (Å²) >= 11 is 0.